The number of nitrogens with zero attached hydrogens (tertiary/aromatic N) is 1. The minimum atomic E-state index is -0.571. The molecule has 0 spiro atoms. The second-order valence-corrected chi connectivity index (χ2v) is 11.5. The number of amides is 1. The average Bonchev–Trinajstić information content (AvgIpc) is 3.08. The van der Waals surface area contributed by atoms with Crippen molar-refractivity contribution in [3.8, 4) is 0 Å². The molecule has 0 bridgehead atoms. The lowest BCUT2D eigenvalue weighted by Gasteiger charge is -2.13. The fourth-order valence-electron chi connectivity index (χ4n) is 3.67. The molecule has 1 aromatic carbocycles. The number of rotatable bonds is 8. The van der Waals surface area contributed by atoms with Gasteiger partial charge in [0.1, 0.15) is 11.2 Å². The molecule has 1 aliphatic carbocycles. The van der Waals surface area contributed by atoms with E-state index in [9.17, 15) is 14.4 Å². The van der Waals surface area contributed by atoms with Crippen LogP contribution in [0.5, 0.6) is 0 Å². The summed E-state index contributed by atoms with van der Waals surface area (Å²) in [5.74, 6) is -0.298. The maximum atomic E-state index is 13.2. The van der Waals surface area contributed by atoms with Crippen LogP contribution in [-0.4, -0.2) is 29.1 Å². The smallest absolute Gasteiger partial charge is 0.269 e. The molecule has 1 heterocycles. The van der Waals surface area contributed by atoms with Crippen molar-refractivity contribution in [2.45, 2.75) is 64.3 Å². The number of aromatic nitrogens is 1. The number of Topliss-reactive ketones (excluding diaryl/α,β-unsaturated/α-hetero) is 1. The van der Waals surface area contributed by atoms with Crippen LogP contribution < -0.4 is 20.1 Å². The van der Waals surface area contributed by atoms with Crippen molar-refractivity contribution in [1.29, 1.82) is 0 Å². The summed E-state index contributed by atoms with van der Waals surface area (Å²) in [7, 11) is 0. The van der Waals surface area contributed by atoms with E-state index in [-0.39, 0.29) is 23.8 Å². The van der Waals surface area contributed by atoms with Gasteiger partial charge in [-0.2, -0.15) is 0 Å². The largest absolute Gasteiger partial charge is 0.354 e. The fourth-order valence-corrected chi connectivity index (χ4v) is 5.12. The van der Waals surface area contributed by atoms with Crippen molar-refractivity contribution in [3.05, 3.63) is 61.0 Å². The molecule has 0 atom stereocenters. The molecule has 0 aliphatic heterocycles. The highest BCUT2D eigenvalue weighted by molar-refractivity contribution is 7.98. The third-order valence-electron chi connectivity index (χ3n) is 5.80. The molecule has 5 nitrogen and oxygen atoms in total. The van der Waals surface area contributed by atoms with Gasteiger partial charge in [-0.3, -0.25) is 19.0 Å². The van der Waals surface area contributed by atoms with E-state index in [2.05, 4.69) is 11.4 Å². The number of carbonyl (C=O) groups excluding carboxylic acids is 2. The van der Waals surface area contributed by atoms with Gasteiger partial charge in [-0.1, -0.05) is 44.6 Å². The van der Waals surface area contributed by atoms with E-state index in [1.54, 1.807) is 11.8 Å². The zero-order valence-corrected chi connectivity index (χ0v) is 22.1. The molecule has 7 heteroatoms. The third-order valence-corrected chi connectivity index (χ3v) is 7.60. The van der Waals surface area contributed by atoms with E-state index < -0.39 is 5.41 Å². The Hall–Kier alpha value is -2.38. The van der Waals surface area contributed by atoms with Crippen LogP contribution in [0.4, 0.5) is 0 Å². The molecule has 182 valence electrons. The second kappa shape index (κ2) is 11.8. The number of thioether (sulfide) groups is 1. The number of thiazole rings is 1. The summed E-state index contributed by atoms with van der Waals surface area (Å²) in [6.45, 7) is 5.99. The van der Waals surface area contributed by atoms with E-state index >= 15 is 0 Å². The zero-order chi connectivity index (χ0) is 24.7. The number of hydrogen-bond donors (Lipinski definition) is 1. The van der Waals surface area contributed by atoms with Gasteiger partial charge in [0.05, 0.1) is 4.53 Å². The van der Waals surface area contributed by atoms with Crippen molar-refractivity contribution < 1.29 is 9.59 Å². The highest BCUT2D eigenvalue weighted by Gasteiger charge is 2.20. The summed E-state index contributed by atoms with van der Waals surface area (Å²) >= 11 is 2.91. The molecular weight excluding hydrogens is 464 g/mol. The van der Waals surface area contributed by atoms with Crippen LogP contribution >= 0.6 is 23.1 Å². The van der Waals surface area contributed by atoms with Crippen LogP contribution in [-0.2, 0) is 16.1 Å². The van der Waals surface area contributed by atoms with Gasteiger partial charge in [0, 0.05) is 22.9 Å². The van der Waals surface area contributed by atoms with Crippen LogP contribution in [0.25, 0.3) is 12.2 Å². The quantitative estimate of drug-likeness (QED) is 0.443. The van der Waals surface area contributed by atoms with Gasteiger partial charge in [-0.05, 0) is 62.1 Å². The van der Waals surface area contributed by atoms with Crippen LogP contribution in [0.15, 0.2) is 45.6 Å². The average molecular weight is 499 g/mol. The Labute approximate surface area is 209 Å². The van der Waals surface area contributed by atoms with Crippen molar-refractivity contribution in [1.82, 2.24) is 9.88 Å². The predicted octanol–water partition coefficient (Wildman–Crippen LogP) is 3.86. The van der Waals surface area contributed by atoms with Gasteiger partial charge in [-0.15, -0.1) is 23.1 Å². The van der Waals surface area contributed by atoms with Crippen LogP contribution in [0, 0.1) is 5.41 Å². The second-order valence-electron chi connectivity index (χ2n) is 9.58. The lowest BCUT2D eigenvalue weighted by molar-refractivity contribution is -0.122. The van der Waals surface area contributed by atoms with Crippen molar-refractivity contribution in [3.63, 3.8) is 0 Å². The Balaban J connectivity index is 1.87. The van der Waals surface area contributed by atoms with E-state index in [1.165, 1.54) is 40.4 Å². The Morgan fingerprint density at radius 2 is 1.91 bits per heavy atom. The molecule has 2 aromatic rings. The molecular formula is C27H34N2O3S2. The summed E-state index contributed by atoms with van der Waals surface area (Å²) in [5.41, 5.74) is 1.48. The lowest BCUT2D eigenvalue weighted by atomic mass is 9.91. The lowest BCUT2D eigenvalue weighted by Crippen LogP contribution is -2.39. The van der Waals surface area contributed by atoms with Crippen LogP contribution in [0.3, 0.4) is 0 Å². The molecule has 1 N–H and O–H groups in total. The van der Waals surface area contributed by atoms with Gasteiger partial charge in [0.2, 0.25) is 5.91 Å². The number of carbonyl (C=O) groups is 2. The summed E-state index contributed by atoms with van der Waals surface area (Å²) in [5, 5.41) is 2.94. The standard InChI is InChI=1S/C27H34N2O3S2/c1-27(2,3)23(30)17-25-29(18-24(31)28-15-14-19-8-6-5-7-9-19)26(32)22(34-25)16-20-10-12-21(33-4)13-11-20/h8,10-13,16-17H,5-7,9,14-15,18H2,1-4H3,(H,28,31)/b22-16+,25-17+. The van der Waals surface area contributed by atoms with Gasteiger partial charge in [-0.25, -0.2) is 0 Å². The van der Waals surface area contributed by atoms with E-state index in [0.717, 1.165) is 29.7 Å². The summed E-state index contributed by atoms with van der Waals surface area (Å²) in [6.07, 6.45) is 13.1. The first kappa shape index (κ1) is 26.2. The molecule has 0 saturated heterocycles. The fraction of sp³-hybridized carbons (Fsp3) is 0.444. The molecule has 1 amide bonds. The topological polar surface area (TPSA) is 68.2 Å². The number of benzene rings is 1. The van der Waals surface area contributed by atoms with Crippen LogP contribution in [0.2, 0.25) is 0 Å². The third kappa shape index (κ3) is 7.31. The van der Waals surface area contributed by atoms with E-state index in [1.807, 2.05) is 57.4 Å². The maximum absolute atomic E-state index is 13.2. The summed E-state index contributed by atoms with van der Waals surface area (Å²) in [4.78, 5) is 39.7. The molecule has 0 radical (unpaired) electrons. The molecule has 0 saturated carbocycles. The first-order chi connectivity index (χ1) is 16.2. The van der Waals surface area contributed by atoms with Crippen molar-refractivity contribution in [2.24, 2.45) is 5.41 Å². The summed E-state index contributed by atoms with van der Waals surface area (Å²) in [6, 6.07) is 7.94. The first-order valence-electron chi connectivity index (χ1n) is 11.7. The number of hydrogen-bond acceptors (Lipinski definition) is 5. The van der Waals surface area contributed by atoms with Gasteiger partial charge >= 0.3 is 0 Å². The SMILES string of the molecule is CSc1ccc(/C=c2/s/c(=C/C(=O)C(C)(C)C)n(CC(=O)NCCC3=CCCCC3)c2=O)cc1. The maximum Gasteiger partial charge on any atom is 0.269 e. The van der Waals surface area contributed by atoms with Crippen LogP contribution in [0.1, 0.15) is 58.4 Å². The Morgan fingerprint density at radius 1 is 1.18 bits per heavy atom. The predicted molar refractivity (Wildman–Crippen MR) is 143 cm³/mol. The highest BCUT2D eigenvalue weighted by atomic mass is 32.2. The van der Waals surface area contributed by atoms with Crippen molar-refractivity contribution >= 4 is 46.9 Å². The van der Waals surface area contributed by atoms with Crippen molar-refractivity contribution in [2.75, 3.05) is 12.8 Å². The summed E-state index contributed by atoms with van der Waals surface area (Å²) < 4.78 is 2.43. The molecule has 1 aromatic heterocycles. The Bertz CT molecular complexity index is 1230. The van der Waals surface area contributed by atoms with Gasteiger partial charge in [0.25, 0.3) is 5.56 Å². The molecule has 3 rings (SSSR count). The normalized spacial score (nSPS) is 15.4. The number of nitrogens with one attached hydrogen (secondary N) is 1. The molecule has 1 aliphatic rings. The minimum Gasteiger partial charge on any atom is -0.354 e. The Morgan fingerprint density at radius 3 is 2.53 bits per heavy atom. The van der Waals surface area contributed by atoms with E-state index in [4.69, 9.17) is 0 Å². The zero-order valence-electron chi connectivity index (χ0n) is 20.5. The number of ketones is 1. The molecule has 0 unspecified atom stereocenters. The minimum absolute atomic E-state index is 0.0805. The van der Waals surface area contributed by atoms with Gasteiger partial charge in [0.15, 0.2) is 5.78 Å². The molecule has 0 fully saturated rings. The monoisotopic (exact) mass is 498 g/mol. The number of allylic oxidation sites excluding steroid dienone is 1. The first-order valence-corrected chi connectivity index (χ1v) is 13.8. The Kier molecular flexibility index (Phi) is 9.14. The van der Waals surface area contributed by atoms with Gasteiger partial charge < -0.3 is 5.32 Å². The highest BCUT2D eigenvalue weighted by Crippen LogP contribution is 2.19. The van der Waals surface area contributed by atoms with E-state index in [0.29, 0.717) is 15.7 Å². The molecule has 34 heavy (non-hydrogen) atoms.